The highest BCUT2D eigenvalue weighted by Gasteiger charge is 2.54. The first-order chi connectivity index (χ1) is 12.8. The van der Waals surface area contributed by atoms with Crippen LogP contribution in [0.15, 0.2) is 22.8 Å². The quantitative estimate of drug-likeness (QED) is 0.643. The van der Waals surface area contributed by atoms with Crippen LogP contribution in [0.4, 0.5) is 0 Å². The SMILES string of the molecule is CC(C)(C)CC(C(=O)OC1C(=O)COC1(C)C(N)=O)S(=O)(=O)Cc1ccco1. The number of nitrogens with two attached hydrogens (primary N) is 1. The lowest BCUT2D eigenvalue weighted by molar-refractivity contribution is -0.165. The van der Waals surface area contributed by atoms with E-state index < -0.39 is 62.2 Å². The maximum Gasteiger partial charge on any atom is 0.325 e. The van der Waals surface area contributed by atoms with E-state index in [1.165, 1.54) is 25.3 Å². The molecule has 1 aliphatic rings. The van der Waals surface area contributed by atoms with Crippen molar-refractivity contribution in [3.8, 4) is 0 Å². The Morgan fingerprint density at radius 1 is 1.39 bits per heavy atom. The number of furan rings is 1. The van der Waals surface area contributed by atoms with E-state index >= 15 is 0 Å². The normalized spacial score (nSPS) is 24.1. The van der Waals surface area contributed by atoms with Gasteiger partial charge in [-0.15, -0.1) is 0 Å². The van der Waals surface area contributed by atoms with Gasteiger partial charge in [0.2, 0.25) is 5.78 Å². The number of hydrogen-bond acceptors (Lipinski definition) is 8. The highest BCUT2D eigenvalue weighted by atomic mass is 32.2. The molecule has 1 amide bonds. The van der Waals surface area contributed by atoms with E-state index in [-0.39, 0.29) is 12.2 Å². The van der Waals surface area contributed by atoms with Gasteiger partial charge in [0.1, 0.15) is 18.1 Å². The van der Waals surface area contributed by atoms with Crippen molar-refractivity contribution in [1.29, 1.82) is 0 Å². The number of Topliss-reactive ketones (excluding diaryl/α,β-unsaturated/α-hetero) is 1. The van der Waals surface area contributed by atoms with Crippen LogP contribution in [0.2, 0.25) is 0 Å². The molecule has 2 rings (SSSR count). The number of carbonyl (C=O) groups is 3. The zero-order valence-corrected chi connectivity index (χ0v) is 17.1. The second-order valence-corrected chi connectivity index (χ2v) is 10.4. The first-order valence-corrected chi connectivity index (χ1v) is 10.4. The summed E-state index contributed by atoms with van der Waals surface area (Å²) in [5, 5.41) is -1.55. The lowest BCUT2D eigenvalue weighted by Crippen LogP contribution is -2.53. The minimum Gasteiger partial charge on any atom is -0.468 e. The molecular formula is C18H25NO8S. The van der Waals surface area contributed by atoms with E-state index in [4.69, 9.17) is 19.6 Å². The van der Waals surface area contributed by atoms with Gasteiger partial charge in [0.15, 0.2) is 26.8 Å². The van der Waals surface area contributed by atoms with E-state index in [0.717, 1.165) is 0 Å². The van der Waals surface area contributed by atoms with Gasteiger partial charge in [-0.2, -0.15) is 0 Å². The van der Waals surface area contributed by atoms with E-state index in [1.54, 1.807) is 20.8 Å². The third-order valence-corrected chi connectivity index (χ3v) is 6.36. The maximum atomic E-state index is 12.9. The molecule has 0 bridgehead atoms. The van der Waals surface area contributed by atoms with Crippen LogP contribution in [0.5, 0.6) is 0 Å². The second-order valence-electron chi connectivity index (χ2n) is 8.18. The Hall–Kier alpha value is -2.20. The Morgan fingerprint density at radius 2 is 2.04 bits per heavy atom. The van der Waals surface area contributed by atoms with Crippen molar-refractivity contribution in [2.75, 3.05) is 6.61 Å². The molecule has 1 aliphatic heterocycles. The summed E-state index contributed by atoms with van der Waals surface area (Å²) in [6, 6.07) is 3.02. The first-order valence-electron chi connectivity index (χ1n) is 8.67. The van der Waals surface area contributed by atoms with Crippen LogP contribution in [0.25, 0.3) is 0 Å². The highest BCUT2D eigenvalue weighted by Crippen LogP contribution is 2.31. The molecule has 1 aromatic heterocycles. The van der Waals surface area contributed by atoms with Crippen LogP contribution >= 0.6 is 0 Å². The van der Waals surface area contributed by atoms with Crippen molar-refractivity contribution >= 4 is 27.5 Å². The summed E-state index contributed by atoms with van der Waals surface area (Å²) in [5.41, 5.74) is 2.89. The van der Waals surface area contributed by atoms with Gasteiger partial charge in [-0.1, -0.05) is 20.8 Å². The Balaban J connectivity index is 2.31. The summed E-state index contributed by atoms with van der Waals surface area (Å²) in [5.74, 6) is -3.10. The number of rotatable bonds is 7. The summed E-state index contributed by atoms with van der Waals surface area (Å²) < 4.78 is 41.2. The predicted molar refractivity (Wildman–Crippen MR) is 97.6 cm³/mol. The second kappa shape index (κ2) is 7.67. The van der Waals surface area contributed by atoms with Crippen LogP contribution in [0.3, 0.4) is 0 Å². The minimum absolute atomic E-state index is 0.0517. The van der Waals surface area contributed by atoms with Gasteiger partial charge >= 0.3 is 5.97 Å². The standard InChI is InChI=1S/C18H25NO8S/c1-17(2,3)8-13(28(23,24)10-11-6-5-7-25-11)15(21)27-14-12(20)9-26-18(14,4)16(19)22/h5-7,13-14H,8-10H2,1-4H3,(H2,19,22). The average molecular weight is 415 g/mol. The predicted octanol–water partition coefficient (Wildman–Crippen LogP) is 0.754. The number of ketones is 1. The largest absolute Gasteiger partial charge is 0.468 e. The molecule has 2 N–H and O–H groups in total. The lowest BCUT2D eigenvalue weighted by Gasteiger charge is -2.29. The number of carbonyl (C=O) groups excluding carboxylic acids is 3. The van der Waals surface area contributed by atoms with Crippen molar-refractivity contribution in [2.45, 2.75) is 56.8 Å². The smallest absolute Gasteiger partial charge is 0.325 e. The Morgan fingerprint density at radius 3 is 2.54 bits per heavy atom. The van der Waals surface area contributed by atoms with Crippen molar-refractivity contribution in [1.82, 2.24) is 0 Å². The van der Waals surface area contributed by atoms with Crippen LogP contribution in [0.1, 0.15) is 39.9 Å². The number of esters is 1. The number of hydrogen-bond donors (Lipinski definition) is 1. The Labute approximate surface area is 163 Å². The van der Waals surface area contributed by atoms with Gasteiger partial charge in [0.25, 0.3) is 5.91 Å². The van der Waals surface area contributed by atoms with Crippen molar-refractivity contribution < 1.29 is 36.7 Å². The van der Waals surface area contributed by atoms with Gasteiger partial charge in [-0.25, -0.2) is 8.42 Å². The molecular weight excluding hydrogens is 390 g/mol. The molecule has 1 fully saturated rings. The van der Waals surface area contributed by atoms with Crippen molar-refractivity contribution in [3.63, 3.8) is 0 Å². The number of primary amides is 1. The van der Waals surface area contributed by atoms with Gasteiger partial charge in [-0.3, -0.25) is 14.4 Å². The molecule has 0 radical (unpaired) electrons. The first kappa shape index (κ1) is 22.1. The fraction of sp³-hybridized carbons (Fsp3) is 0.611. The van der Waals surface area contributed by atoms with Gasteiger partial charge < -0.3 is 19.6 Å². The average Bonchev–Trinajstić information content (AvgIpc) is 3.15. The van der Waals surface area contributed by atoms with Gasteiger partial charge in [-0.05, 0) is 30.9 Å². The van der Waals surface area contributed by atoms with E-state index in [0.29, 0.717) is 0 Å². The third-order valence-electron chi connectivity index (χ3n) is 4.45. The molecule has 2 heterocycles. The van der Waals surface area contributed by atoms with Gasteiger partial charge in [0, 0.05) is 0 Å². The van der Waals surface area contributed by atoms with E-state index in [9.17, 15) is 22.8 Å². The van der Waals surface area contributed by atoms with Crippen LogP contribution < -0.4 is 5.73 Å². The molecule has 1 aromatic rings. The molecule has 0 saturated carbocycles. The van der Waals surface area contributed by atoms with Crippen molar-refractivity contribution in [3.05, 3.63) is 24.2 Å². The molecule has 28 heavy (non-hydrogen) atoms. The van der Waals surface area contributed by atoms with E-state index in [2.05, 4.69) is 0 Å². The molecule has 1 saturated heterocycles. The Kier molecular flexibility index (Phi) is 6.05. The number of amides is 1. The molecule has 3 atom stereocenters. The number of ether oxygens (including phenoxy) is 2. The monoisotopic (exact) mass is 415 g/mol. The van der Waals surface area contributed by atoms with Crippen LogP contribution in [0, 0.1) is 5.41 Å². The zero-order chi connectivity index (χ0) is 21.3. The molecule has 9 nitrogen and oxygen atoms in total. The summed E-state index contributed by atoms with van der Waals surface area (Å²) in [6.45, 7) is 6.09. The molecule has 0 aliphatic carbocycles. The summed E-state index contributed by atoms with van der Waals surface area (Å²) in [6.07, 6.45) is -0.322. The minimum atomic E-state index is -4.03. The highest BCUT2D eigenvalue weighted by molar-refractivity contribution is 7.92. The molecule has 0 spiro atoms. The van der Waals surface area contributed by atoms with Crippen LogP contribution in [-0.2, 0) is 39.4 Å². The summed E-state index contributed by atoms with van der Waals surface area (Å²) in [4.78, 5) is 36.6. The van der Waals surface area contributed by atoms with Crippen LogP contribution in [-0.4, -0.2) is 49.6 Å². The van der Waals surface area contributed by atoms with E-state index in [1.807, 2.05) is 0 Å². The molecule has 0 aromatic carbocycles. The fourth-order valence-electron chi connectivity index (χ4n) is 2.86. The third kappa shape index (κ3) is 4.79. The Bertz CT molecular complexity index is 853. The van der Waals surface area contributed by atoms with Crippen molar-refractivity contribution in [2.24, 2.45) is 11.1 Å². The topological polar surface area (TPSA) is 143 Å². The lowest BCUT2D eigenvalue weighted by atomic mass is 9.90. The maximum absolute atomic E-state index is 12.9. The molecule has 156 valence electrons. The number of sulfone groups is 1. The van der Waals surface area contributed by atoms with Gasteiger partial charge in [0.05, 0.1) is 6.26 Å². The summed E-state index contributed by atoms with van der Waals surface area (Å²) >= 11 is 0. The molecule has 3 unspecified atom stereocenters. The molecule has 10 heteroatoms. The summed E-state index contributed by atoms with van der Waals surface area (Å²) in [7, 11) is -4.03. The fourth-order valence-corrected chi connectivity index (χ4v) is 4.72. The zero-order valence-electron chi connectivity index (χ0n) is 16.3.